The first-order valence-electron chi connectivity index (χ1n) is 3.63. The highest BCUT2D eigenvalue weighted by Crippen LogP contribution is 2.35. The van der Waals surface area contributed by atoms with Crippen LogP contribution in [0.4, 0.5) is 0 Å². The summed E-state index contributed by atoms with van der Waals surface area (Å²) in [4.78, 5) is 10.6. The summed E-state index contributed by atoms with van der Waals surface area (Å²) in [5, 5.41) is 9.88. The Morgan fingerprint density at radius 3 is 2.69 bits per heavy atom. The molecule has 13 heavy (non-hydrogen) atoms. The van der Waals surface area contributed by atoms with E-state index in [2.05, 4.69) is 0 Å². The van der Waals surface area contributed by atoms with Crippen LogP contribution in [-0.4, -0.2) is 18.5 Å². The quantitative estimate of drug-likeness (QED) is 0.745. The van der Waals surface area contributed by atoms with Crippen molar-refractivity contribution in [1.29, 1.82) is 0 Å². The molecule has 0 atom stereocenters. The van der Waals surface area contributed by atoms with Gasteiger partial charge in [0.05, 0.1) is 12.7 Å². The Labute approximate surface area is 80.9 Å². The molecule has 0 radical (unpaired) electrons. The molecule has 0 aliphatic rings. The fourth-order valence-corrected chi connectivity index (χ4v) is 1.23. The van der Waals surface area contributed by atoms with Crippen molar-refractivity contribution in [2.45, 2.75) is 6.92 Å². The second kappa shape index (κ2) is 3.66. The largest absolute Gasteiger partial charge is 0.504 e. The summed E-state index contributed by atoms with van der Waals surface area (Å²) < 4.78 is 4.83. The maximum absolute atomic E-state index is 10.6. The minimum Gasteiger partial charge on any atom is -0.504 e. The molecule has 0 saturated carbocycles. The van der Waals surface area contributed by atoms with Gasteiger partial charge < -0.3 is 9.84 Å². The lowest BCUT2D eigenvalue weighted by molar-refractivity contribution is 0.112. The highest BCUT2D eigenvalue weighted by Gasteiger charge is 2.13. The third kappa shape index (κ3) is 1.60. The number of aldehydes is 1. The second-order valence-corrected chi connectivity index (χ2v) is 2.97. The van der Waals surface area contributed by atoms with E-state index in [-0.39, 0.29) is 17.1 Å². The standard InChI is InChI=1S/C9H9ClO3/c1-5-6(4-11)9(12)8(13-2)3-7(5)10/h3-4,12H,1-2H3. The zero-order chi connectivity index (χ0) is 10.0. The van der Waals surface area contributed by atoms with Gasteiger partial charge in [0.1, 0.15) is 0 Å². The van der Waals surface area contributed by atoms with E-state index in [9.17, 15) is 9.90 Å². The summed E-state index contributed by atoms with van der Waals surface area (Å²) in [7, 11) is 1.40. The van der Waals surface area contributed by atoms with Gasteiger partial charge in [-0.15, -0.1) is 0 Å². The summed E-state index contributed by atoms with van der Waals surface area (Å²) >= 11 is 5.80. The number of aromatic hydroxyl groups is 1. The molecule has 0 aliphatic carbocycles. The Hall–Kier alpha value is -1.22. The lowest BCUT2D eigenvalue weighted by Gasteiger charge is -2.08. The molecule has 3 nitrogen and oxygen atoms in total. The molecule has 0 aromatic heterocycles. The Morgan fingerprint density at radius 2 is 2.23 bits per heavy atom. The van der Waals surface area contributed by atoms with Gasteiger partial charge in [0, 0.05) is 11.1 Å². The van der Waals surface area contributed by atoms with Crippen LogP contribution in [0, 0.1) is 6.92 Å². The van der Waals surface area contributed by atoms with Crippen molar-refractivity contribution in [1.82, 2.24) is 0 Å². The number of carbonyl (C=O) groups excluding carboxylic acids is 1. The maximum atomic E-state index is 10.6. The maximum Gasteiger partial charge on any atom is 0.168 e. The molecule has 0 unspecified atom stereocenters. The number of methoxy groups -OCH3 is 1. The van der Waals surface area contributed by atoms with Crippen LogP contribution in [0.25, 0.3) is 0 Å². The highest BCUT2D eigenvalue weighted by atomic mass is 35.5. The van der Waals surface area contributed by atoms with E-state index in [1.165, 1.54) is 13.2 Å². The van der Waals surface area contributed by atoms with Crippen LogP contribution in [0.3, 0.4) is 0 Å². The van der Waals surface area contributed by atoms with Gasteiger partial charge in [0.2, 0.25) is 0 Å². The number of ether oxygens (including phenoxy) is 1. The van der Waals surface area contributed by atoms with E-state index in [4.69, 9.17) is 16.3 Å². The molecule has 4 heteroatoms. The van der Waals surface area contributed by atoms with Gasteiger partial charge in [-0.05, 0) is 12.5 Å². The van der Waals surface area contributed by atoms with Crippen LogP contribution < -0.4 is 4.74 Å². The molecule has 0 amide bonds. The molecule has 1 aromatic rings. The second-order valence-electron chi connectivity index (χ2n) is 2.57. The summed E-state index contributed by atoms with van der Waals surface area (Å²) in [5.74, 6) is 0.0390. The minimum absolute atomic E-state index is 0.167. The molecular formula is C9H9ClO3. The lowest BCUT2D eigenvalue weighted by atomic mass is 10.1. The SMILES string of the molecule is COc1cc(Cl)c(C)c(C=O)c1O. The first-order chi connectivity index (χ1) is 6.11. The summed E-state index contributed by atoms with van der Waals surface area (Å²) in [5.41, 5.74) is 0.722. The van der Waals surface area contributed by atoms with Crippen molar-refractivity contribution in [3.63, 3.8) is 0 Å². The number of phenols is 1. The number of halogens is 1. The molecule has 0 fully saturated rings. The molecule has 0 spiro atoms. The Morgan fingerprint density at radius 1 is 1.62 bits per heavy atom. The van der Waals surface area contributed by atoms with Crippen molar-refractivity contribution in [2.24, 2.45) is 0 Å². The van der Waals surface area contributed by atoms with Gasteiger partial charge in [-0.1, -0.05) is 11.6 Å². The first kappa shape index (κ1) is 9.86. The normalized spacial score (nSPS) is 9.77. The molecule has 1 N–H and O–H groups in total. The summed E-state index contributed by atoms with van der Waals surface area (Å²) in [6.45, 7) is 1.66. The van der Waals surface area contributed by atoms with Crippen molar-refractivity contribution in [3.8, 4) is 11.5 Å². The van der Waals surface area contributed by atoms with E-state index in [1.54, 1.807) is 6.92 Å². The van der Waals surface area contributed by atoms with Gasteiger partial charge in [0.25, 0.3) is 0 Å². The van der Waals surface area contributed by atoms with Crippen LogP contribution in [0.15, 0.2) is 6.07 Å². The fourth-order valence-electron chi connectivity index (χ4n) is 1.03. The van der Waals surface area contributed by atoms with Crippen LogP contribution in [-0.2, 0) is 0 Å². The van der Waals surface area contributed by atoms with E-state index in [0.717, 1.165) is 0 Å². The topological polar surface area (TPSA) is 46.5 Å². The number of hydrogen-bond acceptors (Lipinski definition) is 3. The number of phenolic OH excluding ortho intramolecular Hbond substituents is 1. The van der Waals surface area contributed by atoms with E-state index < -0.39 is 0 Å². The molecule has 0 bridgehead atoms. The van der Waals surface area contributed by atoms with Crippen molar-refractivity contribution in [3.05, 3.63) is 22.2 Å². The summed E-state index contributed by atoms with van der Waals surface area (Å²) in [6, 6.07) is 1.47. The van der Waals surface area contributed by atoms with Crippen molar-refractivity contribution < 1.29 is 14.6 Å². The van der Waals surface area contributed by atoms with E-state index in [0.29, 0.717) is 16.9 Å². The third-order valence-electron chi connectivity index (χ3n) is 1.85. The number of hydrogen-bond donors (Lipinski definition) is 1. The van der Waals surface area contributed by atoms with Gasteiger partial charge in [-0.25, -0.2) is 0 Å². The van der Waals surface area contributed by atoms with Crippen LogP contribution in [0.5, 0.6) is 11.5 Å². The number of rotatable bonds is 2. The Bertz CT molecular complexity index is 347. The van der Waals surface area contributed by atoms with Crippen LogP contribution in [0.1, 0.15) is 15.9 Å². The fraction of sp³-hybridized carbons (Fsp3) is 0.222. The van der Waals surface area contributed by atoms with Gasteiger partial charge in [-0.3, -0.25) is 4.79 Å². The van der Waals surface area contributed by atoms with Gasteiger partial charge in [0.15, 0.2) is 17.8 Å². The Balaban J connectivity index is 3.47. The number of benzene rings is 1. The molecule has 0 heterocycles. The van der Waals surface area contributed by atoms with E-state index in [1.807, 2.05) is 0 Å². The predicted octanol–water partition coefficient (Wildman–Crippen LogP) is 2.18. The van der Waals surface area contributed by atoms with Crippen molar-refractivity contribution >= 4 is 17.9 Å². The van der Waals surface area contributed by atoms with E-state index >= 15 is 0 Å². The molecule has 1 rings (SSSR count). The molecule has 1 aromatic carbocycles. The highest BCUT2D eigenvalue weighted by molar-refractivity contribution is 6.32. The summed E-state index contributed by atoms with van der Waals surface area (Å²) in [6.07, 6.45) is 0.555. The monoisotopic (exact) mass is 200 g/mol. The van der Waals surface area contributed by atoms with Gasteiger partial charge >= 0.3 is 0 Å². The lowest BCUT2D eigenvalue weighted by Crippen LogP contribution is -1.92. The van der Waals surface area contributed by atoms with Crippen LogP contribution in [0.2, 0.25) is 5.02 Å². The third-order valence-corrected chi connectivity index (χ3v) is 2.24. The molecular weight excluding hydrogens is 192 g/mol. The van der Waals surface area contributed by atoms with Crippen LogP contribution >= 0.6 is 11.6 Å². The smallest absolute Gasteiger partial charge is 0.168 e. The zero-order valence-electron chi connectivity index (χ0n) is 7.30. The zero-order valence-corrected chi connectivity index (χ0v) is 8.05. The molecule has 70 valence electrons. The molecule has 0 aliphatic heterocycles. The Kier molecular flexibility index (Phi) is 2.78. The van der Waals surface area contributed by atoms with Gasteiger partial charge in [-0.2, -0.15) is 0 Å². The predicted molar refractivity (Wildman–Crippen MR) is 49.8 cm³/mol. The average Bonchev–Trinajstić information content (AvgIpc) is 2.12. The first-order valence-corrected chi connectivity index (χ1v) is 4.00. The molecule has 0 saturated heterocycles. The minimum atomic E-state index is -0.167. The number of carbonyl (C=O) groups is 1. The average molecular weight is 201 g/mol. The van der Waals surface area contributed by atoms with Crippen molar-refractivity contribution in [2.75, 3.05) is 7.11 Å².